The van der Waals surface area contributed by atoms with Crippen LogP contribution >= 0.6 is 0 Å². The SMILES string of the molecule is CC(CO)N(C)C(=O)c1ccc2c(c1)OCCCO2. The molecule has 1 amide bonds. The lowest BCUT2D eigenvalue weighted by Crippen LogP contribution is -2.37. The van der Waals surface area contributed by atoms with Crippen molar-refractivity contribution in [3.63, 3.8) is 0 Å². The van der Waals surface area contributed by atoms with Crippen molar-refractivity contribution in [2.45, 2.75) is 19.4 Å². The number of benzene rings is 1. The van der Waals surface area contributed by atoms with Crippen molar-refractivity contribution < 1.29 is 19.4 Å². The van der Waals surface area contributed by atoms with Gasteiger partial charge >= 0.3 is 0 Å². The molecule has 0 saturated heterocycles. The number of aliphatic hydroxyl groups excluding tert-OH is 1. The maximum Gasteiger partial charge on any atom is 0.254 e. The van der Waals surface area contributed by atoms with Crippen LogP contribution in [0.25, 0.3) is 0 Å². The van der Waals surface area contributed by atoms with Gasteiger partial charge in [0, 0.05) is 19.0 Å². The Morgan fingerprint density at radius 3 is 2.74 bits per heavy atom. The molecule has 1 aliphatic heterocycles. The van der Waals surface area contributed by atoms with E-state index in [2.05, 4.69) is 0 Å². The Kier molecular flexibility index (Phi) is 4.27. The maximum atomic E-state index is 12.2. The standard InChI is InChI=1S/C14H19NO4/c1-10(9-16)15(2)14(17)11-4-5-12-13(8-11)19-7-3-6-18-12/h4-5,8,10,16H,3,6-7,9H2,1-2H3. The van der Waals surface area contributed by atoms with Crippen molar-refractivity contribution in [2.75, 3.05) is 26.9 Å². The van der Waals surface area contributed by atoms with Crippen LogP contribution in [-0.4, -0.2) is 48.8 Å². The minimum atomic E-state index is -0.219. The van der Waals surface area contributed by atoms with Gasteiger partial charge in [-0.25, -0.2) is 0 Å². The predicted octanol–water partition coefficient (Wildman–Crippen LogP) is 1.30. The van der Waals surface area contributed by atoms with E-state index in [1.54, 1.807) is 32.2 Å². The molecule has 0 fully saturated rings. The van der Waals surface area contributed by atoms with Crippen LogP contribution < -0.4 is 9.47 Å². The van der Waals surface area contributed by atoms with Crippen LogP contribution in [-0.2, 0) is 0 Å². The summed E-state index contributed by atoms with van der Waals surface area (Å²) in [6.07, 6.45) is 0.833. The fourth-order valence-corrected chi connectivity index (χ4v) is 1.82. The molecule has 0 aromatic heterocycles. The average Bonchev–Trinajstić information content (AvgIpc) is 2.69. The molecule has 0 saturated carbocycles. The zero-order valence-electron chi connectivity index (χ0n) is 11.3. The van der Waals surface area contributed by atoms with Gasteiger partial charge in [0.05, 0.1) is 25.9 Å². The summed E-state index contributed by atoms with van der Waals surface area (Å²) in [5.74, 6) is 1.14. The van der Waals surface area contributed by atoms with Gasteiger partial charge in [0.1, 0.15) is 0 Å². The minimum Gasteiger partial charge on any atom is -0.490 e. The number of ether oxygens (including phenoxy) is 2. The molecular weight excluding hydrogens is 246 g/mol. The normalized spacial score (nSPS) is 15.5. The van der Waals surface area contributed by atoms with Crippen LogP contribution in [0.4, 0.5) is 0 Å². The first-order chi connectivity index (χ1) is 9.13. The molecule has 1 unspecified atom stereocenters. The Morgan fingerprint density at radius 2 is 2.05 bits per heavy atom. The summed E-state index contributed by atoms with van der Waals surface area (Å²) in [4.78, 5) is 13.7. The predicted molar refractivity (Wildman–Crippen MR) is 70.7 cm³/mol. The van der Waals surface area contributed by atoms with E-state index in [-0.39, 0.29) is 18.6 Å². The topological polar surface area (TPSA) is 59.0 Å². The van der Waals surface area contributed by atoms with Crippen LogP contribution in [0.2, 0.25) is 0 Å². The number of fused-ring (bicyclic) bond motifs is 1. The highest BCUT2D eigenvalue weighted by molar-refractivity contribution is 5.95. The summed E-state index contributed by atoms with van der Waals surface area (Å²) in [5, 5.41) is 9.09. The summed E-state index contributed by atoms with van der Waals surface area (Å²) < 4.78 is 11.1. The monoisotopic (exact) mass is 265 g/mol. The Hall–Kier alpha value is -1.75. The van der Waals surface area contributed by atoms with Crippen molar-refractivity contribution in [3.05, 3.63) is 23.8 Å². The minimum absolute atomic E-state index is 0.0627. The molecule has 1 N–H and O–H groups in total. The highest BCUT2D eigenvalue weighted by Gasteiger charge is 2.19. The highest BCUT2D eigenvalue weighted by atomic mass is 16.5. The van der Waals surface area contributed by atoms with Gasteiger partial charge in [0.2, 0.25) is 0 Å². The highest BCUT2D eigenvalue weighted by Crippen LogP contribution is 2.30. The van der Waals surface area contributed by atoms with E-state index < -0.39 is 0 Å². The van der Waals surface area contributed by atoms with Crippen LogP contribution in [0.15, 0.2) is 18.2 Å². The third kappa shape index (κ3) is 2.98. The maximum absolute atomic E-state index is 12.2. The van der Waals surface area contributed by atoms with Crippen molar-refractivity contribution in [1.29, 1.82) is 0 Å². The third-order valence-electron chi connectivity index (χ3n) is 3.24. The van der Waals surface area contributed by atoms with Crippen LogP contribution in [0.3, 0.4) is 0 Å². The van der Waals surface area contributed by atoms with E-state index in [1.807, 2.05) is 0 Å². The molecule has 5 nitrogen and oxygen atoms in total. The number of nitrogens with zero attached hydrogens (tertiary/aromatic N) is 1. The van der Waals surface area contributed by atoms with Crippen molar-refractivity contribution in [3.8, 4) is 11.5 Å². The third-order valence-corrected chi connectivity index (χ3v) is 3.24. The van der Waals surface area contributed by atoms with Crippen molar-refractivity contribution in [2.24, 2.45) is 0 Å². The second kappa shape index (κ2) is 5.93. The molecule has 2 rings (SSSR count). The van der Waals surface area contributed by atoms with Gasteiger partial charge < -0.3 is 19.5 Å². The van der Waals surface area contributed by atoms with Crippen molar-refractivity contribution >= 4 is 5.91 Å². The molecule has 0 spiro atoms. The smallest absolute Gasteiger partial charge is 0.254 e. The number of hydrogen-bond donors (Lipinski definition) is 1. The lowest BCUT2D eigenvalue weighted by atomic mass is 10.1. The van der Waals surface area contributed by atoms with E-state index in [4.69, 9.17) is 14.6 Å². The van der Waals surface area contributed by atoms with Gasteiger partial charge in [0.15, 0.2) is 11.5 Å². The molecule has 0 bridgehead atoms. The zero-order chi connectivity index (χ0) is 13.8. The lowest BCUT2D eigenvalue weighted by Gasteiger charge is -2.23. The number of hydrogen-bond acceptors (Lipinski definition) is 4. The van der Waals surface area contributed by atoms with E-state index >= 15 is 0 Å². The van der Waals surface area contributed by atoms with Gasteiger partial charge in [0.25, 0.3) is 5.91 Å². The largest absolute Gasteiger partial charge is 0.490 e. The Balaban J connectivity index is 2.21. The van der Waals surface area contributed by atoms with E-state index in [0.717, 1.165) is 6.42 Å². The molecule has 5 heteroatoms. The molecule has 0 radical (unpaired) electrons. The Bertz CT molecular complexity index is 461. The number of amides is 1. The average molecular weight is 265 g/mol. The molecule has 1 atom stereocenters. The first kappa shape index (κ1) is 13.7. The fraction of sp³-hybridized carbons (Fsp3) is 0.500. The van der Waals surface area contributed by atoms with E-state index in [1.165, 1.54) is 4.90 Å². The molecule has 1 aliphatic rings. The summed E-state index contributed by atoms with van der Waals surface area (Å²) in [6, 6.07) is 4.95. The molecule has 1 heterocycles. The molecule has 1 aromatic rings. The molecule has 104 valence electrons. The van der Waals surface area contributed by atoms with Gasteiger partial charge in [-0.05, 0) is 25.1 Å². The zero-order valence-corrected chi connectivity index (χ0v) is 11.3. The quantitative estimate of drug-likeness (QED) is 0.895. The van der Waals surface area contributed by atoms with Crippen LogP contribution in [0.1, 0.15) is 23.7 Å². The second-order valence-electron chi connectivity index (χ2n) is 4.66. The summed E-state index contributed by atoms with van der Waals surface area (Å²) in [5.41, 5.74) is 0.534. The number of rotatable bonds is 3. The summed E-state index contributed by atoms with van der Waals surface area (Å²) in [6.45, 7) is 2.95. The van der Waals surface area contributed by atoms with Crippen LogP contribution in [0, 0.1) is 0 Å². The molecule has 19 heavy (non-hydrogen) atoms. The van der Waals surface area contributed by atoms with Crippen molar-refractivity contribution in [1.82, 2.24) is 4.90 Å². The Labute approximate surface area is 112 Å². The van der Waals surface area contributed by atoms with Crippen LogP contribution in [0.5, 0.6) is 11.5 Å². The summed E-state index contributed by atoms with van der Waals surface area (Å²) in [7, 11) is 1.67. The molecule has 0 aliphatic carbocycles. The summed E-state index contributed by atoms with van der Waals surface area (Å²) >= 11 is 0. The van der Waals surface area contributed by atoms with Gasteiger partial charge in [-0.15, -0.1) is 0 Å². The molecular formula is C14H19NO4. The van der Waals surface area contributed by atoms with Gasteiger partial charge in [-0.1, -0.05) is 0 Å². The fourth-order valence-electron chi connectivity index (χ4n) is 1.82. The second-order valence-corrected chi connectivity index (χ2v) is 4.66. The van der Waals surface area contributed by atoms with E-state index in [9.17, 15) is 4.79 Å². The van der Waals surface area contributed by atoms with E-state index in [0.29, 0.717) is 30.3 Å². The number of carbonyl (C=O) groups excluding carboxylic acids is 1. The Morgan fingerprint density at radius 1 is 1.37 bits per heavy atom. The number of aliphatic hydroxyl groups is 1. The molecule has 1 aromatic carbocycles. The number of carbonyl (C=O) groups is 1. The lowest BCUT2D eigenvalue weighted by molar-refractivity contribution is 0.0681. The number of likely N-dealkylation sites (N-methyl/N-ethyl adjacent to an activating group) is 1. The first-order valence-corrected chi connectivity index (χ1v) is 6.41. The first-order valence-electron chi connectivity index (χ1n) is 6.41. The van der Waals surface area contributed by atoms with Gasteiger partial charge in [-0.2, -0.15) is 0 Å². The van der Waals surface area contributed by atoms with Gasteiger partial charge in [-0.3, -0.25) is 4.79 Å².